The third-order valence-corrected chi connectivity index (χ3v) is 4.32. The van der Waals surface area contributed by atoms with E-state index in [0.717, 1.165) is 24.3 Å². The lowest BCUT2D eigenvalue weighted by Crippen LogP contribution is -2.39. The normalized spacial score (nSPS) is 23.9. The van der Waals surface area contributed by atoms with Crippen LogP contribution in [-0.2, 0) is 0 Å². The van der Waals surface area contributed by atoms with Gasteiger partial charge in [0.2, 0.25) is 0 Å². The highest BCUT2D eigenvalue weighted by molar-refractivity contribution is 5.94. The van der Waals surface area contributed by atoms with E-state index in [-0.39, 0.29) is 5.91 Å². The Bertz CT molecular complexity index is 411. The molecule has 0 aliphatic heterocycles. The Labute approximate surface area is 116 Å². The van der Waals surface area contributed by atoms with Crippen molar-refractivity contribution in [2.45, 2.75) is 52.5 Å². The zero-order chi connectivity index (χ0) is 13.9. The number of amides is 1. The fourth-order valence-corrected chi connectivity index (χ4v) is 2.96. The fourth-order valence-electron chi connectivity index (χ4n) is 2.96. The van der Waals surface area contributed by atoms with Gasteiger partial charge in [0.1, 0.15) is 0 Å². The predicted molar refractivity (Wildman–Crippen MR) is 79.1 cm³/mol. The summed E-state index contributed by atoms with van der Waals surface area (Å²) in [5.74, 6) is 0.859. The van der Waals surface area contributed by atoms with Crippen molar-refractivity contribution in [3.63, 3.8) is 0 Å². The maximum atomic E-state index is 12.1. The molecule has 1 aliphatic rings. The summed E-state index contributed by atoms with van der Waals surface area (Å²) in [7, 11) is 0. The average molecular weight is 259 g/mol. The van der Waals surface area contributed by atoms with E-state index in [1.165, 1.54) is 12.8 Å². The van der Waals surface area contributed by atoms with Gasteiger partial charge < -0.3 is 5.32 Å². The summed E-state index contributed by atoms with van der Waals surface area (Å²) >= 11 is 0. The standard InChI is InChI=1S/C17H25NO/c1-17(2,3)14-9-11-15(12-10-14)18-16(19)13-7-5-4-6-8-13/h4-8,14-15H,9-12H2,1-3H3,(H,18,19)/t14-,15-. The Morgan fingerprint density at radius 3 is 2.16 bits per heavy atom. The number of hydrogen-bond donors (Lipinski definition) is 1. The number of nitrogens with one attached hydrogen (secondary N) is 1. The van der Waals surface area contributed by atoms with Gasteiger partial charge in [0.15, 0.2) is 0 Å². The highest BCUT2D eigenvalue weighted by atomic mass is 16.1. The lowest BCUT2D eigenvalue weighted by molar-refractivity contribution is 0.0904. The predicted octanol–water partition coefficient (Wildman–Crippen LogP) is 4.02. The van der Waals surface area contributed by atoms with Crippen molar-refractivity contribution < 1.29 is 4.79 Å². The molecule has 104 valence electrons. The van der Waals surface area contributed by atoms with E-state index in [1.807, 2.05) is 30.3 Å². The molecule has 1 N–H and O–H groups in total. The molecule has 0 spiro atoms. The van der Waals surface area contributed by atoms with Crippen LogP contribution >= 0.6 is 0 Å². The first-order chi connectivity index (χ1) is 8.97. The van der Waals surface area contributed by atoms with Crippen molar-refractivity contribution in [3.8, 4) is 0 Å². The van der Waals surface area contributed by atoms with Crippen molar-refractivity contribution in [2.75, 3.05) is 0 Å². The van der Waals surface area contributed by atoms with Crippen LogP contribution in [0.1, 0.15) is 56.8 Å². The molecule has 0 heterocycles. The second-order valence-electron chi connectivity index (χ2n) is 6.75. The molecule has 1 aromatic rings. The molecule has 0 atom stereocenters. The summed E-state index contributed by atoms with van der Waals surface area (Å²) in [6.45, 7) is 6.96. The Balaban J connectivity index is 1.85. The van der Waals surface area contributed by atoms with Crippen LogP contribution in [-0.4, -0.2) is 11.9 Å². The van der Waals surface area contributed by atoms with Crippen LogP contribution < -0.4 is 5.32 Å². The first-order valence-corrected chi connectivity index (χ1v) is 7.33. The molecule has 1 fully saturated rings. The van der Waals surface area contributed by atoms with Gasteiger partial charge in [0.25, 0.3) is 5.91 Å². The molecule has 1 amide bonds. The maximum absolute atomic E-state index is 12.1. The van der Waals surface area contributed by atoms with E-state index in [0.29, 0.717) is 11.5 Å². The average Bonchev–Trinajstić information content (AvgIpc) is 2.39. The number of carbonyl (C=O) groups is 1. The lowest BCUT2D eigenvalue weighted by atomic mass is 9.71. The topological polar surface area (TPSA) is 29.1 Å². The summed E-state index contributed by atoms with van der Waals surface area (Å²) in [6, 6.07) is 9.85. The Morgan fingerprint density at radius 1 is 1.05 bits per heavy atom. The molecule has 0 bridgehead atoms. The molecule has 0 aromatic heterocycles. The van der Waals surface area contributed by atoms with Crippen molar-refractivity contribution in [2.24, 2.45) is 11.3 Å². The van der Waals surface area contributed by atoms with Crippen LogP contribution in [0.4, 0.5) is 0 Å². The van der Waals surface area contributed by atoms with Gasteiger partial charge in [-0.15, -0.1) is 0 Å². The Morgan fingerprint density at radius 2 is 1.63 bits per heavy atom. The van der Waals surface area contributed by atoms with E-state index < -0.39 is 0 Å². The van der Waals surface area contributed by atoms with E-state index in [4.69, 9.17) is 0 Å². The molecular formula is C17H25NO. The summed E-state index contributed by atoms with van der Waals surface area (Å²) < 4.78 is 0. The van der Waals surface area contributed by atoms with Crippen LogP contribution in [0, 0.1) is 11.3 Å². The molecule has 0 unspecified atom stereocenters. The highest BCUT2D eigenvalue weighted by Crippen LogP contribution is 2.37. The van der Waals surface area contributed by atoms with Crippen molar-refractivity contribution in [3.05, 3.63) is 35.9 Å². The van der Waals surface area contributed by atoms with Crippen molar-refractivity contribution in [1.82, 2.24) is 5.32 Å². The molecule has 2 heteroatoms. The van der Waals surface area contributed by atoms with E-state index in [2.05, 4.69) is 26.1 Å². The molecule has 0 radical (unpaired) electrons. The minimum atomic E-state index is 0.0693. The zero-order valence-electron chi connectivity index (χ0n) is 12.3. The van der Waals surface area contributed by atoms with Gasteiger partial charge in [-0.2, -0.15) is 0 Å². The first kappa shape index (κ1) is 14.1. The molecule has 1 aromatic carbocycles. The van der Waals surface area contributed by atoms with Crippen LogP contribution in [0.15, 0.2) is 30.3 Å². The molecular weight excluding hydrogens is 234 g/mol. The minimum Gasteiger partial charge on any atom is -0.349 e. The molecule has 1 aliphatic carbocycles. The quantitative estimate of drug-likeness (QED) is 0.854. The molecule has 2 nitrogen and oxygen atoms in total. The summed E-state index contributed by atoms with van der Waals surface area (Å²) in [5, 5.41) is 3.17. The lowest BCUT2D eigenvalue weighted by Gasteiger charge is -2.37. The van der Waals surface area contributed by atoms with Gasteiger partial charge in [-0.3, -0.25) is 4.79 Å². The van der Waals surface area contributed by atoms with Gasteiger partial charge >= 0.3 is 0 Å². The van der Waals surface area contributed by atoms with Gasteiger partial charge in [0, 0.05) is 11.6 Å². The number of carbonyl (C=O) groups excluding carboxylic acids is 1. The van der Waals surface area contributed by atoms with Gasteiger partial charge in [0.05, 0.1) is 0 Å². The smallest absolute Gasteiger partial charge is 0.251 e. The Hall–Kier alpha value is -1.31. The van der Waals surface area contributed by atoms with E-state index in [1.54, 1.807) is 0 Å². The van der Waals surface area contributed by atoms with Crippen molar-refractivity contribution >= 4 is 5.91 Å². The van der Waals surface area contributed by atoms with Crippen molar-refractivity contribution in [1.29, 1.82) is 0 Å². The second-order valence-corrected chi connectivity index (χ2v) is 6.75. The zero-order valence-corrected chi connectivity index (χ0v) is 12.3. The van der Waals surface area contributed by atoms with Gasteiger partial charge in [-0.05, 0) is 49.1 Å². The Kier molecular flexibility index (Phi) is 4.28. The largest absolute Gasteiger partial charge is 0.349 e. The monoisotopic (exact) mass is 259 g/mol. The number of benzene rings is 1. The third-order valence-electron chi connectivity index (χ3n) is 4.32. The summed E-state index contributed by atoms with van der Waals surface area (Å²) in [5.41, 5.74) is 1.16. The summed E-state index contributed by atoms with van der Waals surface area (Å²) in [4.78, 5) is 12.1. The third kappa shape index (κ3) is 3.82. The SMILES string of the molecule is CC(C)(C)[C@H]1CC[C@H](NC(=O)c2ccccc2)CC1. The minimum absolute atomic E-state index is 0.0693. The molecule has 1 saturated carbocycles. The van der Waals surface area contributed by atoms with Gasteiger partial charge in [-0.25, -0.2) is 0 Å². The van der Waals surface area contributed by atoms with E-state index >= 15 is 0 Å². The fraction of sp³-hybridized carbons (Fsp3) is 0.588. The first-order valence-electron chi connectivity index (χ1n) is 7.33. The van der Waals surface area contributed by atoms with Gasteiger partial charge in [-0.1, -0.05) is 39.0 Å². The van der Waals surface area contributed by atoms with Crippen LogP contribution in [0.2, 0.25) is 0 Å². The maximum Gasteiger partial charge on any atom is 0.251 e. The second kappa shape index (κ2) is 5.77. The van der Waals surface area contributed by atoms with Crippen LogP contribution in [0.5, 0.6) is 0 Å². The highest BCUT2D eigenvalue weighted by Gasteiger charge is 2.30. The summed E-state index contributed by atoms with van der Waals surface area (Å²) in [6.07, 6.45) is 4.67. The molecule has 2 rings (SSSR count). The molecule has 0 saturated heterocycles. The molecule has 19 heavy (non-hydrogen) atoms. The van der Waals surface area contributed by atoms with Crippen LogP contribution in [0.3, 0.4) is 0 Å². The number of hydrogen-bond acceptors (Lipinski definition) is 1. The van der Waals surface area contributed by atoms with E-state index in [9.17, 15) is 4.79 Å². The van der Waals surface area contributed by atoms with Crippen LogP contribution in [0.25, 0.3) is 0 Å². The number of rotatable bonds is 2.